The molecule has 8 aromatic carbocycles. The van der Waals surface area contributed by atoms with Crippen molar-refractivity contribution in [1.29, 1.82) is 0 Å². The van der Waals surface area contributed by atoms with E-state index < -0.39 is 0 Å². The second-order valence-corrected chi connectivity index (χ2v) is 12.1. The van der Waals surface area contributed by atoms with Crippen molar-refractivity contribution in [3.63, 3.8) is 0 Å². The van der Waals surface area contributed by atoms with Crippen LogP contribution in [0.4, 0.5) is 17.1 Å². The van der Waals surface area contributed by atoms with Crippen molar-refractivity contribution in [1.82, 2.24) is 15.0 Å². The lowest BCUT2D eigenvalue weighted by atomic mass is 9.92. The van der Waals surface area contributed by atoms with Crippen molar-refractivity contribution in [3.8, 4) is 34.2 Å². The van der Waals surface area contributed by atoms with Crippen LogP contribution in [-0.4, -0.2) is 15.0 Å². The van der Waals surface area contributed by atoms with Crippen LogP contribution in [0.3, 0.4) is 0 Å². The van der Waals surface area contributed by atoms with Crippen molar-refractivity contribution in [3.05, 3.63) is 182 Å². The Kier molecular flexibility index (Phi) is 7.10. The largest absolute Gasteiger partial charge is 0.310 e. The first-order valence-corrected chi connectivity index (χ1v) is 16.5. The molecule has 4 heteroatoms. The molecule has 0 unspecified atom stereocenters. The van der Waals surface area contributed by atoms with Gasteiger partial charge in [-0.2, -0.15) is 0 Å². The number of fused-ring (bicyclic) bond motifs is 6. The summed E-state index contributed by atoms with van der Waals surface area (Å²) in [6.07, 6.45) is 0. The monoisotopic (exact) mass is 626 g/mol. The normalized spacial score (nSPS) is 11.3. The lowest BCUT2D eigenvalue weighted by Gasteiger charge is -2.26. The molecule has 9 rings (SSSR count). The quantitative estimate of drug-likeness (QED) is 0.172. The predicted octanol–water partition coefficient (Wildman–Crippen LogP) is 11.8. The number of rotatable bonds is 6. The second kappa shape index (κ2) is 12.2. The highest BCUT2D eigenvalue weighted by Gasteiger charge is 2.17. The molecule has 0 amide bonds. The Morgan fingerprint density at radius 3 is 1.16 bits per heavy atom. The SMILES string of the molecule is c1ccc(-c2nc(-c3ccccc3)nc(-c3ccc4c5ccc(N(c6ccccc6)c6ccccc6)cc5c5ccccc5c4c3)n2)cc1. The lowest BCUT2D eigenvalue weighted by Crippen LogP contribution is -2.09. The minimum absolute atomic E-state index is 0.649. The number of benzene rings is 8. The van der Waals surface area contributed by atoms with Crippen LogP contribution in [0.15, 0.2) is 182 Å². The molecule has 49 heavy (non-hydrogen) atoms. The van der Waals surface area contributed by atoms with Crippen molar-refractivity contribution in [2.45, 2.75) is 0 Å². The molecule has 1 heterocycles. The summed E-state index contributed by atoms with van der Waals surface area (Å²) in [4.78, 5) is 17.2. The van der Waals surface area contributed by atoms with Gasteiger partial charge in [0.15, 0.2) is 17.5 Å². The fourth-order valence-electron chi connectivity index (χ4n) is 6.76. The van der Waals surface area contributed by atoms with E-state index in [1.165, 1.54) is 32.3 Å². The zero-order valence-electron chi connectivity index (χ0n) is 26.6. The third-order valence-corrected chi connectivity index (χ3v) is 9.06. The van der Waals surface area contributed by atoms with E-state index in [4.69, 9.17) is 15.0 Å². The Morgan fingerprint density at radius 1 is 0.265 bits per heavy atom. The summed E-state index contributed by atoms with van der Waals surface area (Å²) >= 11 is 0. The van der Waals surface area contributed by atoms with Gasteiger partial charge in [0.25, 0.3) is 0 Å². The molecule has 9 aromatic rings. The molecular weight excluding hydrogens is 597 g/mol. The Hall–Kier alpha value is -6.65. The van der Waals surface area contributed by atoms with Crippen molar-refractivity contribution in [2.75, 3.05) is 4.90 Å². The standard InChI is InChI=1S/C45H30N4/c1-5-15-31(16-6-1)43-46-44(32-17-7-2-8-18-32)48-45(47-43)33-25-27-39-40-28-26-36(30-42(40)38-24-14-13-23-37(38)41(39)29-33)49(34-19-9-3-10-20-34)35-21-11-4-12-22-35/h1-30H. The highest BCUT2D eigenvalue weighted by Crippen LogP contribution is 2.41. The maximum Gasteiger partial charge on any atom is 0.164 e. The van der Waals surface area contributed by atoms with Gasteiger partial charge in [0.1, 0.15) is 0 Å². The van der Waals surface area contributed by atoms with E-state index in [0.717, 1.165) is 33.8 Å². The number of anilines is 3. The van der Waals surface area contributed by atoms with Crippen LogP contribution >= 0.6 is 0 Å². The molecule has 0 aliphatic heterocycles. The van der Waals surface area contributed by atoms with Crippen molar-refractivity contribution < 1.29 is 0 Å². The molecule has 0 aliphatic rings. The molecule has 0 N–H and O–H groups in total. The Morgan fingerprint density at radius 2 is 0.653 bits per heavy atom. The Balaban J connectivity index is 1.24. The van der Waals surface area contributed by atoms with Crippen molar-refractivity contribution >= 4 is 49.4 Å². The van der Waals surface area contributed by atoms with Gasteiger partial charge >= 0.3 is 0 Å². The van der Waals surface area contributed by atoms with Crippen LogP contribution in [0.1, 0.15) is 0 Å². The average molecular weight is 627 g/mol. The van der Waals surface area contributed by atoms with Crippen LogP contribution in [0.5, 0.6) is 0 Å². The topological polar surface area (TPSA) is 41.9 Å². The number of hydrogen-bond donors (Lipinski definition) is 0. The van der Waals surface area contributed by atoms with E-state index in [1.807, 2.05) is 60.7 Å². The first-order valence-electron chi connectivity index (χ1n) is 16.5. The van der Waals surface area contributed by atoms with Crippen LogP contribution in [0.25, 0.3) is 66.5 Å². The van der Waals surface area contributed by atoms with Crippen LogP contribution in [-0.2, 0) is 0 Å². The third kappa shape index (κ3) is 5.26. The molecular formula is C45H30N4. The number of para-hydroxylation sites is 2. The number of aromatic nitrogens is 3. The molecule has 0 fully saturated rings. The first kappa shape index (κ1) is 28.6. The van der Waals surface area contributed by atoms with Crippen molar-refractivity contribution in [2.24, 2.45) is 0 Å². The Labute approximate surface area is 284 Å². The molecule has 0 saturated heterocycles. The maximum absolute atomic E-state index is 5.01. The minimum atomic E-state index is 0.649. The van der Waals surface area contributed by atoms with Crippen LogP contribution < -0.4 is 4.90 Å². The fourth-order valence-corrected chi connectivity index (χ4v) is 6.76. The molecule has 0 aliphatic carbocycles. The van der Waals surface area contributed by atoms with Crippen LogP contribution in [0, 0.1) is 0 Å². The van der Waals surface area contributed by atoms with E-state index in [9.17, 15) is 0 Å². The van der Waals surface area contributed by atoms with Gasteiger partial charge in [-0.25, -0.2) is 15.0 Å². The molecule has 0 saturated carbocycles. The smallest absolute Gasteiger partial charge is 0.164 e. The molecule has 0 bridgehead atoms. The van der Waals surface area contributed by atoms with Gasteiger partial charge in [-0.3, -0.25) is 0 Å². The summed E-state index contributed by atoms with van der Waals surface area (Å²) < 4.78 is 0. The maximum atomic E-state index is 5.01. The summed E-state index contributed by atoms with van der Waals surface area (Å²) in [5.74, 6) is 1.96. The lowest BCUT2D eigenvalue weighted by molar-refractivity contribution is 1.07. The van der Waals surface area contributed by atoms with E-state index in [1.54, 1.807) is 0 Å². The van der Waals surface area contributed by atoms with Gasteiger partial charge < -0.3 is 4.90 Å². The first-order chi connectivity index (χ1) is 24.3. The molecule has 0 spiro atoms. The summed E-state index contributed by atoms with van der Waals surface area (Å²) in [6, 6.07) is 63.4. The Bertz CT molecular complexity index is 2470. The van der Waals surface area contributed by atoms with Gasteiger partial charge in [0.2, 0.25) is 0 Å². The minimum Gasteiger partial charge on any atom is -0.310 e. The zero-order chi connectivity index (χ0) is 32.6. The van der Waals surface area contributed by atoms with E-state index in [0.29, 0.717) is 17.5 Å². The van der Waals surface area contributed by atoms with E-state index in [-0.39, 0.29) is 0 Å². The second-order valence-electron chi connectivity index (χ2n) is 12.1. The molecule has 0 atom stereocenters. The van der Waals surface area contributed by atoms with Gasteiger partial charge in [0, 0.05) is 33.8 Å². The number of nitrogens with zero attached hydrogens (tertiary/aromatic N) is 4. The summed E-state index contributed by atoms with van der Waals surface area (Å²) in [5, 5.41) is 7.17. The van der Waals surface area contributed by atoms with Gasteiger partial charge in [-0.05, 0) is 74.8 Å². The molecule has 230 valence electrons. The zero-order valence-corrected chi connectivity index (χ0v) is 26.6. The summed E-state index contributed by atoms with van der Waals surface area (Å²) in [6.45, 7) is 0. The van der Waals surface area contributed by atoms with E-state index in [2.05, 4.69) is 126 Å². The highest BCUT2D eigenvalue weighted by molar-refractivity contribution is 6.26. The van der Waals surface area contributed by atoms with Gasteiger partial charge in [0.05, 0.1) is 0 Å². The summed E-state index contributed by atoms with van der Waals surface area (Å²) in [5.41, 5.74) is 6.20. The van der Waals surface area contributed by atoms with E-state index >= 15 is 0 Å². The van der Waals surface area contributed by atoms with Crippen LogP contribution in [0.2, 0.25) is 0 Å². The highest BCUT2D eigenvalue weighted by atomic mass is 15.1. The summed E-state index contributed by atoms with van der Waals surface area (Å²) in [7, 11) is 0. The third-order valence-electron chi connectivity index (χ3n) is 9.06. The van der Waals surface area contributed by atoms with Gasteiger partial charge in [-0.1, -0.05) is 140 Å². The molecule has 1 aromatic heterocycles. The number of hydrogen-bond acceptors (Lipinski definition) is 4. The van der Waals surface area contributed by atoms with Gasteiger partial charge in [-0.15, -0.1) is 0 Å². The molecule has 0 radical (unpaired) electrons. The average Bonchev–Trinajstić information content (AvgIpc) is 3.19. The fraction of sp³-hybridized carbons (Fsp3) is 0. The molecule has 4 nitrogen and oxygen atoms in total. The predicted molar refractivity (Wildman–Crippen MR) is 203 cm³/mol.